The first-order valence-electron chi connectivity index (χ1n) is 8.01. The molecule has 1 N–H and O–H groups in total. The van der Waals surface area contributed by atoms with E-state index in [0.717, 1.165) is 19.3 Å². The molecule has 2 fully saturated rings. The van der Waals surface area contributed by atoms with Gasteiger partial charge in [0.25, 0.3) is 0 Å². The molecule has 0 radical (unpaired) electrons. The lowest BCUT2D eigenvalue weighted by atomic mass is 9.63. The molecule has 2 rings (SSSR count). The van der Waals surface area contributed by atoms with E-state index in [9.17, 15) is 9.59 Å². The molecule has 2 aliphatic carbocycles. The van der Waals surface area contributed by atoms with Crippen LogP contribution in [0.25, 0.3) is 0 Å². The fourth-order valence-electron chi connectivity index (χ4n) is 3.58. The van der Waals surface area contributed by atoms with Gasteiger partial charge >= 0.3 is 12.1 Å². The number of carbonyl (C=O) groups is 2. The Bertz CT molecular complexity index is 409. The number of esters is 1. The van der Waals surface area contributed by atoms with E-state index in [-0.39, 0.29) is 24.6 Å². The predicted octanol–water partition coefficient (Wildman–Crippen LogP) is 2.88. The highest BCUT2D eigenvalue weighted by Gasteiger charge is 2.53. The Morgan fingerprint density at radius 3 is 2.43 bits per heavy atom. The summed E-state index contributed by atoms with van der Waals surface area (Å²) < 4.78 is 10.6. The van der Waals surface area contributed by atoms with Gasteiger partial charge < -0.3 is 14.8 Å². The molecular formula is C16H27NO4. The van der Waals surface area contributed by atoms with E-state index in [4.69, 9.17) is 9.47 Å². The van der Waals surface area contributed by atoms with E-state index in [1.54, 1.807) is 6.92 Å². The Morgan fingerprint density at radius 2 is 1.95 bits per heavy atom. The second-order valence-corrected chi connectivity index (χ2v) is 6.90. The summed E-state index contributed by atoms with van der Waals surface area (Å²) in [6.45, 7) is 8.08. The van der Waals surface area contributed by atoms with E-state index in [0.29, 0.717) is 11.3 Å². The molecule has 5 nitrogen and oxygen atoms in total. The summed E-state index contributed by atoms with van der Waals surface area (Å²) in [4.78, 5) is 23.9. The van der Waals surface area contributed by atoms with Gasteiger partial charge in [0.1, 0.15) is 12.1 Å². The summed E-state index contributed by atoms with van der Waals surface area (Å²) in [6.07, 6.45) is 3.91. The van der Waals surface area contributed by atoms with Crippen molar-refractivity contribution in [3.63, 3.8) is 0 Å². The van der Waals surface area contributed by atoms with Gasteiger partial charge in [-0.3, -0.25) is 0 Å². The molecule has 0 aromatic carbocycles. The quantitative estimate of drug-likeness (QED) is 0.792. The monoisotopic (exact) mass is 297 g/mol. The maximum Gasteiger partial charge on any atom is 0.407 e. The van der Waals surface area contributed by atoms with Crippen LogP contribution in [0.3, 0.4) is 0 Å². The van der Waals surface area contributed by atoms with Crippen LogP contribution in [0.2, 0.25) is 0 Å². The first-order valence-corrected chi connectivity index (χ1v) is 8.01. The predicted molar refractivity (Wildman–Crippen MR) is 78.7 cm³/mol. The molecule has 4 atom stereocenters. The topological polar surface area (TPSA) is 64.6 Å². The summed E-state index contributed by atoms with van der Waals surface area (Å²) in [5, 5.41) is 2.61. The standard InChI is InChI=1S/C16H27NO4/c1-5-20-15(19)17-13(10(2)3)14(18)21-12-7-9-16(4)8-6-11(12)16/h10-13H,5-9H2,1-4H3,(H,17,19)/t11-,12+,13+,16+/m1/s1. The van der Waals surface area contributed by atoms with Crippen LogP contribution in [0, 0.1) is 17.3 Å². The van der Waals surface area contributed by atoms with Gasteiger partial charge in [-0.1, -0.05) is 20.8 Å². The van der Waals surface area contributed by atoms with E-state index in [2.05, 4.69) is 12.2 Å². The fraction of sp³-hybridized carbons (Fsp3) is 0.875. The Labute approximate surface area is 126 Å². The Hall–Kier alpha value is -1.26. The van der Waals surface area contributed by atoms with Crippen molar-refractivity contribution in [1.82, 2.24) is 5.32 Å². The maximum absolute atomic E-state index is 12.4. The number of nitrogens with one attached hydrogen (secondary N) is 1. The van der Waals surface area contributed by atoms with Crippen molar-refractivity contribution < 1.29 is 19.1 Å². The molecule has 0 saturated heterocycles. The average molecular weight is 297 g/mol. The lowest BCUT2D eigenvalue weighted by Crippen LogP contribution is -2.48. The summed E-state index contributed by atoms with van der Waals surface area (Å²) in [5.74, 6) is 0.132. The van der Waals surface area contributed by atoms with E-state index in [1.807, 2.05) is 13.8 Å². The zero-order valence-corrected chi connectivity index (χ0v) is 13.5. The van der Waals surface area contributed by atoms with Crippen LogP contribution >= 0.6 is 0 Å². The van der Waals surface area contributed by atoms with Crippen LogP contribution in [-0.4, -0.2) is 30.8 Å². The zero-order valence-electron chi connectivity index (χ0n) is 13.5. The molecule has 0 heterocycles. The van der Waals surface area contributed by atoms with Gasteiger partial charge in [-0.05, 0) is 43.9 Å². The summed E-state index contributed by atoms with van der Waals surface area (Å²) in [6, 6.07) is -0.643. The number of carbonyl (C=O) groups excluding carboxylic acids is 2. The molecule has 2 aliphatic rings. The molecule has 0 aromatic rings. The van der Waals surface area contributed by atoms with E-state index in [1.165, 1.54) is 6.42 Å². The fourth-order valence-corrected chi connectivity index (χ4v) is 3.58. The third-order valence-electron chi connectivity index (χ3n) is 5.11. The van der Waals surface area contributed by atoms with Crippen molar-refractivity contribution >= 4 is 12.1 Å². The number of alkyl carbamates (subject to hydrolysis) is 1. The molecule has 2 saturated carbocycles. The number of hydrogen-bond acceptors (Lipinski definition) is 4. The van der Waals surface area contributed by atoms with Crippen LogP contribution in [0.5, 0.6) is 0 Å². The third-order valence-corrected chi connectivity index (χ3v) is 5.11. The maximum atomic E-state index is 12.4. The van der Waals surface area contributed by atoms with Gasteiger partial charge in [-0.15, -0.1) is 0 Å². The number of ether oxygens (including phenoxy) is 2. The molecule has 21 heavy (non-hydrogen) atoms. The molecule has 0 aliphatic heterocycles. The molecule has 0 bridgehead atoms. The molecule has 0 spiro atoms. The largest absolute Gasteiger partial charge is 0.461 e. The number of fused-ring (bicyclic) bond motifs is 1. The smallest absolute Gasteiger partial charge is 0.407 e. The Kier molecular flexibility index (Phi) is 4.79. The second-order valence-electron chi connectivity index (χ2n) is 6.90. The zero-order chi connectivity index (χ0) is 15.6. The molecule has 0 aromatic heterocycles. The van der Waals surface area contributed by atoms with Gasteiger partial charge in [-0.2, -0.15) is 0 Å². The second kappa shape index (κ2) is 6.24. The average Bonchev–Trinajstić information content (AvgIpc) is 2.59. The van der Waals surface area contributed by atoms with Gasteiger partial charge in [0.15, 0.2) is 0 Å². The highest BCUT2D eigenvalue weighted by Crippen LogP contribution is 2.58. The van der Waals surface area contributed by atoms with Crippen molar-refractivity contribution in [3.05, 3.63) is 0 Å². The Morgan fingerprint density at radius 1 is 1.29 bits per heavy atom. The number of hydrogen-bond donors (Lipinski definition) is 1. The highest BCUT2D eigenvalue weighted by molar-refractivity contribution is 5.81. The van der Waals surface area contributed by atoms with Crippen molar-refractivity contribution in [3.8, 4) is 0 Å². The SMILES string of the molecule is CCOC(=O)N[C@H](C(=O)O[C@H]1CC[C@]2(C)CC[C@H]12)C(C)C. The number of rotatable bonds is 5. The minimum atomic E-state index is -0.643. The van der Waals surface area contributed by atoms with E-state index >= 15 is 0 Å². The summed E-state index contributed by atoms with van der Waals surface area (Å²) in [5.41, 5.74) is 0.368. The lowest BCUT2D eigenvalue weighted by Gasteiger charge is -2.43. The van der Waals surface area contributed by atoms with Crippen LogP contribution < -0.4 is 5.32 Å². The molecule has 120 valence electrons. The van der Waals surface area contributed by atoms with Gasteiger partial charge in [-0.25, -0.2) is 9.59 Å². The minimum absolute atomic E-state index is 0.0153. The molecule has 1 amide bonds. The third kappa shape index (κ3) is 3.33. The van der Waals surface area contributed by atoms with Crippen LogP contribution in [0.15, 0.2) is 0 Å². The van der Waals surface area contributed by atoms with Crippen molar-refractivity contribution in [1.29, 1.82) is 0 Å². The van der Waals surface area contributed by atoms with Gasteiger partial charge in [0, 0.05) is 5.92 Å². The first kappa shape index (κ1) is 16.1. The molecular weight excluding hydrogens is 270 g/mol. The summed E-state index contributed by atoms with van der Waals surface area (Å²) in [7, 11) is 0. The van der Waals surface area contributed by atoms with Gasteiger partial charge in [0.05, 0.1) is 6.61 Å². The van der Waals surface area contributed by atoms with Crippen LogP contribution in [0.1, 0.15) is 53.4 Å². The lowest BCUT2D eigenvalue weighted by molar-refractivity contribution is -0.157. The Balaban J connectivity index is 1.91. The van der Waals surface area contributed by atoms with Crippen molar-refractivity contribution in [2.24, 2.45) is 17.3 Å². The van der Waals surface area contributed by atoms with Crippen LogP contribution in [-0.2, 0) is 14.3 Å². The highest BCUT2D eigenvalue weighted by atomic mass is 16.6. The van der Waals surface area contributed by atoms with Crippen molar-refractivity contribution in [2.75, 3.05) is 6.61 Å². The van der Waals surface area contributed by atoms with Crippen molar-refractivity contribution in [2.45, 2.75) is 65.5 Å². The minimum Gasteiger partial charge on any atom is -0.461 e. The van der Waals surface area contributed by atoms with Crippen LogP contribution in [0.4, 0.5) is 4.79 Å². The number of amides is 1. The molecule has 0 unspecified atom stereocenters. The first-order chi connectivity index (χ1) is 9.87. The normalized spacial score (nSPS) is 32.0. The van der Waals surface area contributed by atoms with Gasteiger partial charge in [0.2, 0.25) is 0 Å². The van der Waals surface area contributed by atoms with E-state index < -0.39 is 12.1 Å². The molecule has 5 heteroatoms. The summed E-state index contributed by atoms with van der Waals surface area (Å²) >= 11 is 0.